The van der Waals surface area contributed by atoms with E-state index in [1.54, 1.807) is 6.07 Å². The van der Waals surface area contributed by atoms with E-state index in [4.69, 9.17) is 10.5 Å². The van der Waals surface area contributed by atoms with Crippen molar-refractivity contribution in [3.8, 4) is 5.75 Å². The molecule has 1 aromatic carbocycles. The minimum Gasteiger partial charge on any atom is -0.494 e. The first-order chi connectivity index (χ1) is 7.61. The van der Waals surface area contributed by atoms with E-state index in [1.807, 2.05) is 13.1 Å². The topological polar surface area (TPSA) is 51.0 Å². The summed E-state index contributed by atoms with van der Waals surface area (Å²) >= 11 is 0. The van der Waals surface area contributed by atoms with Gasteiger partial charge < -0.3 is 15.5 Å². The molecular formula is C12H15FN2O. The number of ether oxygens (including phenoxy) is 1. The van der Waals surface area contributed by atoms with E-state index >= 15 is 0 Å². The molecule has 0 radical (unpaired) electrons. The molecule has 0 amide bonds. The molecule has 0 aliphatic carbocycles. The van der Waals surface area contributed by atoms with Crippen LogP contribution in [0.2, 0.25) is 0 Å². The van der Waals surface area contributed by atoms with Gasteiger partial charge in [0.15, 0.2) is 11.6 Å². The predicted octanol–water partition coefficient (Wildman–Crippen LogP) is 2.21. The van der Waals surface area contributed by atoms with Crippen molar-refractivity contribution in [2.24, 2.45) is 5.73 Å². The molecule has 0 bridgehead atoms. The molecule has 2 rings (SSSR count). The van der Waals surface area contributed by atoms with Gasteiger partial charge in [-0.3, -0.25) is 0 Å². The predicted molar refractivity (Wildman–Crippen MR) is 62.2 cm³/mol. The summed E-state index contributed by atoms with van der Waals surface area (Å²) in [6.45, 7) is 1.94. The molecule has 1 heterocycles. The number of aromatic nitrogens is 1. The summed E-state index contributed by atoms with van der Waals surface area (Å²) < 4.78 is 18.4. The van der Waals surface area contributed by atoms with Crippen molar-refractivity contribution in [1.29, 1.82) is 0 Å². The fourth-order valence-electron chi connectivity index (χ4n) is 1.85. The summed E-state index contributed by atoms with van der Waals surface area (Å²) in [5.74, 6) is -0.0952. The Hall–Kier alpha value is -1.55. The Labute approximate surface area is 93.4 Å². The minimum absolute atomic E-state index is 0.0787. The molecule has 0 aliphatic heterocycles. The molecule has 0 aliphatic rings. The highest BCUT2D eigenvalue weighted by molar-refractivity contribution is 5.84. The number of H-pyrrole nitrogens is 1. The van der Waals surface area contributed by atoms with E-state index < -0.39 is 0 Å². The second-order valence-electron chi connectivity index (χ2n) is 4.03. The lowest BCUT2D eigenvalue weighted by atomic mass is 10.1. The molecule has 2 aromatic rings. The van der Waals surface area contributed by atoms with Gasteiger partial charge in [-0.1, -0.05) is 0 Å². The van der Waals surface area contributed by atoms with Gasteiger partial charge >= 0.3 is 0 Å². The van der Waals surface area contributed by atoms with Crippen LogP contribution in [-0.4, -0.2) is 18.1 Å². The zero-order valence-electron chi connectivity index (χ0n) is 9.38. The van der Waals surface area contributed by atoms with Crippen LogP contribution in [0.25, 0.3) is 10.9 Å². The van der Waals surface area contributed by atoms with Crippen molar-refractivity contribution in [1.82, 2.24) is 4.98 Å². The van der Waals surface area contributed by atoms with E-state index in [2.05, 4.69) is 4.98 Å². The van der Waals surface area contributed by atoms with E-state index in [0.717, 1.165) is 22.9 Å². The number of methoxy groups -OCH3 is 1. The van der Waals surface area contributed by atoms with Crippen molar-refractivity contribution >= 4 is 10.9 Å². The number of hydrogen-bond donors (Lipinski definition) is 2. The molecule has 1 unspecified atom stereocenters. The average molecular weight is 222 g/mol. The second-order valence-corrected chi connectivity index (χ2v) is 4.03. The maximum Gasteiger partial charge on any atom is 0.167 e. The Bertz CT molecular complexity index is 505. The Balaban J connectivity index is 2.53. The fourth-order valence-corrected chi connectivity index (χ4v) is 1.85. The molecule has 4 heteroatoms. The zero-order valence-corrected chi connectivity index (χ0v) is 9.38. The third-order valence-corrected chi connectivity index (χ3v) is 2.58. The van der Waals surface area contributed by atoms with Gasteiger partial charge in [0.05, 0.1) is 7.11 Å². The smallest absolute Gasteiger partial charge is 0.167 e. The number of halogens is 1. The van der Waals surface area contributed by atoms with E-state index in [0.29, 0.717) is 0 Å². The van der Waals surface area contributed by atoms with Crippen LogP contribution in [-0.2, 0) is 6.42 Å². The van der Waals surface area contributed by atoms with Gasteiger partial charge in [-0.2, -0.15) is 0 Å². The minimum atomic E-state index is -0.357. The molecule has 0 spiro atoms. The normalized spacial score (nSPS) is 13.0. The fraction of sp³-hybridized carbons (Fsp3) is 0.333. The molecule has 3 nitrogen and oxygen atoms in total. The number of hydrogen-bond acceptors (Lipinski definition) is 2. The van der Waals surface area contributed by atoms with Crippen LogP contribution in [0.4, 0.5) is 4.39 Å². The van der Waals surface area contributed by atoms with Crippen LogP contribution in [0.15, 0.2) is 18.3 Å². The van der Waals surface area contributed by atoms with Gasteiger partial charge in [-0.05, 0) is 25.0 Å². The number of rotatable bonds is 3. The zero-order chi connectivity index (χ0) is 11.7. The molecule has 1 atom stereocenters. The maximum atomic E-state index is 13.4. The van der Waals surface area contributed by atoms with Crippen molar-refractivity contribution in [3.63, 3.8) is 0 Å². The lowest BCUT2D eigenvalue weighted by Crippen LogP contribution is -2.17. The SMILES string of the molecule is COc1cc2c(CC(C)N)c[nH]c2cc1F. The first-order valence-corrected chi connectivity index (χ1v) is 5.21. The maximum absolute atomic E-state index is 13.4. The Morgan fingerprint density at radius 3 is 2.88 bits per heavy atom. The Morgan fingerprint density at radius 2 is 2.25 bits per heavy atom. The van der Waals surface area contributed by atoms with Crippen LogP contribution in [0, 0.1) is 5.82 Å². The quantitative estimate of drug-likeness (QED) is 0.836. The summed E-state index contributed by atoms with van der Waals surface area (Å²) in [6.07, 6.45) is 2.63. The summed E-state index contributed by atoms with van der Waals surface area (Å²) in [6, 6.07) is 3.23. The molecule has 3 N–H and O–H groups in total. The van der Waals surface area contributed by atoms with Crippen LogP contribution in [0.5, 0.6) is 5.75 Å². The van der Waals surface area contributed by atoms with Gasteiger partial charge in [-0.25, -0.2) is 4.39 Å². The number of fused-ring (bicyclic) bond motifs is 1. The summed E-state index contributed by atoms with van der Waals surface area (Å²) in [7, 11) is 1.46. The first kappa shape index (κ1) is 11.0. The summed E-state index contributed by atoms with van der Waals surface area (Å²) in [5, 5.41) is 0.968. The number of nitrogens with one attached hydrogen (secondary N) is 1. The number of aromatic amines is 1. The summed E-state index contributed by atoms with van der Waals surface area (Å²) in [5.41, 5.74) is 7.61. The van der Waals surface area contributed by atoms with Gasteiger partial charge in [0.25, 0.3) is 0 Å². The Morgan fingerprint density at radius 1 is 1.50 bits per heavy atom. The lowest BCUT2D eigenvalue weighted by molar-refractivity contribution is 0.387. The van der Waals surface area contributed by atoms with E-state index in [9.17, 15) is 4.39 Å². The highest BCUT2D eigenvalue weighted by atomic mass is 19.1. The molecular weight excluding hydrogens is 207 g/mol. The van der Waals surface area contributed by atoms with Crippen LogP contribution in [0.3, 0.4) is 0 Å². The molecule has 0 saturated carbocycles. The van der Waals surface area contributed by atoms with Gasteiger partial charge in [0.2, 0.25) is 0 Å². The van der Waals surface area contributed by atoms with Gasteiger partial charge in [-0.15, -0.1) is 0 Å². The van der Waals surface area contributed by atoms with E-state index in [1.165, 1.54) is 13.2 Å². The average Bonchev–Trinajstić information content (AvgIpc) is 2.59. The molecule has 1 aromatic heterocycles. The molecule has 0 saturated heterocycles. The third kappa shape index (κ3) is 1.88. The van der Waals surface area contributed by atoms with Crippen LogP contribution >= 0.6 is 0 Å². The monoisotopic (exact) mass is 222 g/mol. The third-order valence-electron chi connectivity index (χ3n) is 2.58. The second kappa shape index (κ2) is 4.14. The highest BCUT2D eigenvalue weighted by Gasteiger charge is 2.10. The first-order valence-electron chi connectivity index (χ1n) is 5.21. The van der Waals surface area contributed by atoms with Crippen molar-refractivity contribution in [3.05, 3.63) is 29.7 Å². The number of nitrogens with two attached hydrogens (primary N) is 1. The van der Waals surface area contributed by atoms with Crippen LogP contribution in [0.1, 0.15) is 12.5 Å². The largest absolute Gasteiger partial charge is 0.494 e. The molecule has 16 heavy (non-hydrogen) atoms. The van der Waals surface area contributed by atoms with Crippen molar-refractivity contribution in [2.45, 2.75) is 19.4 Å². The number of benzene rings is 1. The van der Waals surface area contributed by atoms with Crippen LogP contribution < -0.4 is 10.5 Å². The van der Waals surface area contributed by atoms with E-state index in [-0.39, 0.29) is 17.6 Å². The molecule has 86 valence electrons. The molecule has 0 fully saturated rings. The lowest BCUT2D eigenvalue weighted by Gasteiger charge is -2.05. The standard InChI is InChI=1S/C12H15FN2O/c1-7(14)3-8-6-15-11-5-10(13)12(16-2)4-9(8)11/h4-7,15H,3,14H2,1-2H3. The Kier molecular flexibility index (Phi) is 2.83. The summed E-state index contributed by atoms with van der Waals surface area (Å²) in [4.78, 5) is 3.03. The van der Waals surface area contributed by atoms with Gasteiger partial charge in [0, 0.05) is 29.2 Å². The van der Waals surface area contributed by atoms with Gasteiger partial charge in [0.1, 0.15) is 0 Å². The van der Waals surface area contributed by atoms with Crippen molar-refractivity contribution in [2.75, 3.05) is 7.11 Å². The van der Waals surface area contributed by atoms with Crippen molar-refractivity contribution < 1.29 is 9.13 Å². The highest BCUT2D eigenvalue weighted by Crippen LogP contribution is 2.27.